The third-order valence-electron chi connectivity index (χ3n) is 3.20. The van der Waals surface area contributed by atoms with Crippen molar-refractivity contribution in [2.24, 2.45) is 0 Å². The second-order valence-corrected chi connectivity index (χ2v) is 8.09. The molecule has 0 saturated carbocycles. The SMILES string of the molecule is COc1ccc(/C=C(/SC(C)(C)C)c2ccc(OC)cc2)cc1. The average molecular weight is 328 g/mol. The van der Waals surface area contributed by atoms with Gasteiger partial charge in [-0.15, -0.1) is 11.8 Å². The van der Waals surface area contributed by atoms with Crippen LogP contribution >= 0.6 is 11.8 Å². The van der Waals surface area contributed by atoms with Gasteiger partial charge in [-0.2, -0.15) is 0 Å². The molecule has 0 aliphatic carbocycles. The Balaban J connectivity index is 2.37. The molecule has 2 aromatic carbocycles. The zero-order chi connectivity index (χ0) is 16.9. The molecule has 0 unspecified atom stereocenters. The summed E-state index contributed by atoms with van der Waals surface area (Å²) in [6, 6.07) is 16.3. The van der Waals surface area contributed by atoms with Gasteiger partial charge in [0.15, 0.2) is 0 Å². The summed E-state index contributed by atoms with van der Waals surface area (Å²) in [5, 5.41) is 0. The van der Waals surface area contributed by atoms with Crippen molar-refractivity contribution in [3.63, 3.8) is 0 Å². The van der Waals surface area contributed by atoms with Gasteiger partial charge in [0.25, 0.3) is 0 Å². The monoisotopic (exact) mass is 328 g/mol. The van der Waals surface area contributed by atoms with Crippen molar-refractivity contribution in [1.29, 1.82) is 0 Å². The Labute approximate surface area is 143 Å². The summed E-state index contributed by atoms with van der Waals surface area (Å²) in [6.07, 6.45) is 2.22. The van der Waals surface area contributed by atoms with E-state index < -0.39 is 0 Å². The Bertz CT molecular complexity index is 650. The molecule has 2 rings (SSSR count). The molecule has 0 N–H and O–H groups in total. The molecule has 0 atom stereocenters. The van der Waals surface area contributed by atoms with Crippen LogP contribution in [0.1, 0.15) is 31.9 Å². The van der Waals surface area contributed by atoms with Crippen LogP contribution in [0, 0.1) is 0 Å². The average Bonchev–Trinajstić information content (AvgIpc) is 2.54. The van der Waals surface area contributed by atoms with E-state index in [4.69, 9.17) is 9.47 Å². The third kappa shape index (κ3) is 5.36. The molecule has 2 nitrogen and oxygen atoms in total. The smallest absolute Gasteiger partial charge is 0.118 e. The number of rotatable bonds is 5. The molecule has 0 fully saturated rings. The molecule has 0 heterocycles. The van der Waals surface area contributed by atoms with Gasteiger partial charge in [0.05, 0.1) is 14.2 Å². The normalized spacial score (nSPS) is 12.1. The Hall–Kier alpha value is -1.87. The van der Waals surface area contributed by atoms with Gasteiger partial charge in [-0.1, -0.05) is 45.0 Å². The first-order valence-electron chi connectivity index (χ1n) is 7.60. The lowest BCUT2D eigenvalue weighted by Gasteiger charge is -2.20. The first-order valence-corrected chi connectivity index (χ1v) is 8.42. The maximum absolute atomic E-state index is 5.25. The van der Waals surface area contributed by atoms with Gasteiger partial charge in [-0.25, -0.2) is 0 Å². The molecule has 122 valence electrons. The highest BCUT2D eigenvalue weighted by molar-refractivity contribution is 8.09. The van der Waals surface area contributed by atoms with Crippen LogP contribution in [0.5, 0.6) is 11.5 Å². The predicted molar refractivity (Wildman–Crippen MR) is 101 cm³/mol. The van der Waals surface area contributed by atoms with E-state index in [1.807, 2.05) is 36.0 Å². The molecule has 0 aliphatic rings. The Kier molecular flexibility index (Phi) is 5.78. The highest BCUT2D eigenvalue weighted by atomic mass is 32.2. The van der Waals surface area contributed by atoms with E-state index >= 15 is 0 Å². The fourth-order valence-electron chi connectivity index (χ4n) is 2.11. The summed E-state index contributed by atoms with van der Waals surface area (Å²) in [5.74, 6) is 1.75. The fourth-order valence-corrected chi connectivity index (χ4v) is 3.22. The topological polar surface area (TPSA) is 18.5 Å². The molecular weight excluding hydrogens is 304 g/mol. The quantitative estimate of drug-likeness (QED) is 0.653. The van der Waals surface area contributed by atoms with Gasteiger partial charge >= 0.3 is 0 Å². The number of hydrogen-bond acceptors (Lipinski definition) is 3. The summed E-state index contributed by atoms with van der Waals surface area (Å²) in [6.45, 7) is 6.68. The predicted octanol–water partition coefficient (Wildman–Crippen LogP) is 5.73. The minimum absolute atomic E-state index is 0.137. The molecule has 0 radical (unpaired) electrons. The fraction of sp³-hybridized carbons (Fsp3) is 0.300. The van der Waals surface area contributed by atoms with Crippen LogP contribution in [0.2, 0.25) is 0 Å². The van der Waals surface area contributed by atoms with Gasteiger partial charge in [-0.3, -0.25) is 0 Å². The van der Waals surface area contributed by atoms with Crippen LogP contribution < -0.4 is 9.47 Å². The zero-order valence-corrected chi connectivity index (χ0v) is 15.2. The zero-order valence-electron chi connectivity index (χ0n) is 14.4. The second kappa shape index (κ2) is 7.60. The number of hydrogen-bond donors (Lipinski definition) is 0. The summed E-state index contributed by atoms with van der Waals surface area (Å²) in [7, 11) is 3.37. The summed E-state index contributed by atoms with van der Waals surface area (Å²) in [4.78, 5) is 1.24. The van der Waals surface area contributed by atoms with E-state index in [9.17, 15) is 0 Å². The lowest BCUT2D eigenvalue weighted by Crippen LogP contribution is -2.07. The minimum Gasteiger partial charge on any atom is -0.497 e. The second-order valence-electron chi connectivity index (χ2n) is 6.22. The molecule has 0 spiro atoms. The summed E-state index contributed by atoms with van der Waals surface area (Å²) in [5.41, 5.74) is 2.36. The van der Waals surface area contributed by atoms with Crippen LogP contribution in [0.25, 0.3) is 11.0 Å². The number of ether oxygens (including phenoxy) is 2. The summed E-state index contributed by atoms with van der Waals surface area (Å²) >= 11 is 1.86. The minimum atomic E-state index is 0.137. The van der Waals surface area contributed by atoms with E-state index in [0.717, 1.165) is 17.1 Å². The highest BCUT2D eigenvalue weighted by Crippen LogP contribution is 2.39. The van der Waals surface area contributed by atoms with Crippen molar-refractivity contribution in [3.05, 3.63) is 59.7 Å². The maximum Gasteiger partial charge on any atom is 0.118 e. The van der Waals surface area contributed by atoms with E-state index in [2.05, 4.69) is 51.1 Å². The molecule has 0 saturated heterocycles. The third-order valence-corrected chi connectivity index (χ3v) is 4.39. The molecular formula is C20H24O2S. The first kappa shape index (κ1) is 17.5. The lowest BCUT2D eigenvalue weighted by molar-refractivity contribution is 0.414. The molecule has 0 aliphatic heterocycles. The molecule has 0 amide bonds. The molecule has 0 aromatic heterocycles. The van der Waals surface area contributed by atoms with Crippen molar-refractivity contribution >= 4 is 22.7 Å². The van der Waals surface area contributed by atoms with Gasteiger partial charge in [0.1, 0.15) is 11.5 Å². The maximum atomic E-state index is 5.25. The van der Waals surface area contributed by atoms with Crippen molar-refractivity contribution in [3.8, 4) is 11.5 Å². The molecule has 3 heteroatoms. The van der Waals surface area contributed by atoms with Gasteiger partial charge in [0.2, 0.25) is 0 Å². The van der Waals surface area contributed by atoms with Crippen LogP contribution in [0.15, 0.2) is 48.5 Å². The lowest BCUT2D eigenvalue weighted by atomic mass is 10.1. The number of methoxy groups -OCH3 is 2. The largest absolute Gasteiger partial charge is 0.497 e. The molecule has 2 aromatic rings. The van der Waals surface area contributed by atoms with Crippen LogP contribution in [0.3, 0.4) is 0 Å². The standard InChI is InChI=1S/C20H24O2S/c1-20(2,3)23-19(16-8-12-18(22-5)13-9-16)14-15-6-10-17(21-4)11-7-15/h6-14H,1-5H3/b19-14+. The van der Waals surface area contributed by atoms with Crippen LogP contribution in [-0.4, -0.2) is 19.0 Å². The summed E-state index contributed by atoms with van der Waals surface area (Å²) < 4.78 is 10.6. The van der Waals surface area contributed by atoms with Crippen molar-refractivity contribution in [1.82, 2.24) is 0 Å². The van der Waals surface area contributed by atoms with Crippen LogP contribution in [-0.2, 0) is 0 Å². The van der Waals surface area contributed by atoms with Crippen molar-refractivity contribution in [2.45, 2.75) is 25.5 Å². The van der Waals surface area contributed by atoms with E-state index in [0.29, 0.717) is 0 Å². The Morgan fingerprint density at radius 2 is 1.30 bits per heavy atom. The van der Waals surface area contributed by atoms with Crippen molar-refractivity contribution < 1.29 is 9.47 Å². The highest BCUT2D eigenvalue weighted by Gasteiger charge is 2.15. The Morgan fingerprint density at radius 1 is 0.826 bits per heavy atom. The van der Waals surface area contributed by atoms with Gasteiger partial charge in [0, 0.05) is 9.65 Å². The van der Waals surface area contributed by atoms with Gasteiger partial charge < -0.3 is 9.47 Å². The van der Waals surface area contributed by atoms with E-state index in [1.165, 1.54) is 10.5 Å². The number of benzene rings is 2. The first-order chi connectivity index (χ1) is 10.9. The Morgan fingerprint density at radius 3 is 1.74 bits per heavy atom. The van der Waals surface area contributed by atoms with Gasteiger partial charge in [-0.05, 0) is 41.5 Å². The van der Waals surface area contributed by atoms with E-state index in [-0.39, 0.29) is 4.75 Å². The number of thioether (sulfide) groups is 1. The molecule has 0 bridgehead atoms. The van der Waals surface area contributed by atoms with E-state index in [1.54, 1.807) is 14.2 Å². The molecule has 23 heavy (non-hydrogen) atoms. The van der Waals surface area contributed by atoms with Crippen LogP contribution in [0.4, 0.5) is 0 Å². The van der Waals surface area contributed by atoms with Crippen molar-refractivity contribution in [2.75, 3.05) is 14.2 Å².